The molecule has 1 aromatic rings. The Labute approximate surface area is 170 Å². The fourth-order valence-electron chi connectivity index (χ4n) is 2.08. The highest BCUT2D eigenvalue weighted by Crippen LogP contribution is 2.09. The molecule has 0 aromatic heterocycles. The number of amides is 2. The molecule has 0 spiro atoms. The monoisotopic (exact) mass is 407 g/mol. The number of benzene rings is 1. The van der Waals surface area contributed by atoms with Crippen molar-refractivity contribution < 1.29 is 29.0 Å². The number of hydrogen-bond donors (Lipinski definition) is 3. The van der Waals surface area contributed by atoms with Crippen LogP contribution in [0, 0.1) is 0 Å². The van der Waals surface area contributed by atoms with Gasteiger partial charge in [-0.1, -0.05) is 30.3 Å². The predicted molar refractivity (Wildman–Crippen MR) is 108 cm³/mol. The molecule has 9 nitrogen and oxygen atoms in total. The maximum Gasteiger partial charge on any atom is 0.414 e. The maximum absolute atomic E-state index is 12.1. The molecule has 9 heteroatoms. The molecule has 1 aromatic carbocycles. The van der Waals surface area contributed by atoms with Crippen LogP contribution in [-0.2, 0) is 20.7 Å². The largest absolute Gasteiger partial charge is 0.480 e. The number of aliphatic imine (C=N–C) groups is 1. The smallest absolute Gasteiger partial charge is 0.414 e. The summed E-state index contributed by atoms with van der Waals surface area (Å²) in [5.74, 6) is -1.60. The minimum Gasteiger partial charge on any atom is -0.480 e. The van der Waals surface area contributed by atoms with Gasteiger partial charge >= 0.3 is 18.2 Å². The summed E-state index contributed by atoms with van der Waals surface area (Å²) in [5, 5.41) is 14.1. The van der Waals surface area contributed by atoms with E-state index in [1.165, 1.54) is 0 Å². The number of nitrogens with zero attached hydrogens (tertiary/aromatic N) is 1. The van der Waals surface area contributed by atoms with E-state index in [4.69, 9.17) is 9.47 Å². The number of hydrogen-bond acceptors (Lipinski definition) is 6. The van der Waals surface area contributed by atoms with Crippen LogP contribution in [0.4, 0.5) is 9.59 Å². The van der Waals surface area contributed by atoms with Gasteiger partial charge < -0.3 is 14.6 Å². The molecule has 0 bridgehead atoms. The van der Waals surface area contributed by atoms with E-state index in [0.29, 0.717) is 0 Å². The molecule has 0 aliphatic heterocycles. The van der Waals surface area contributed by atoms with Crippen molar-refractivity contribution in [2.24, 2.45) is 4.99 Å². The minimum atomic E-state index is -1.25. The Kier molecular flexibility index (Phi) is 8.17. The number of aliphatic carboxylic acids is 1. The predicted octanol–water partition coefficient (Wildman–Crippen LogP) is 3.09. The molecule has 1 rings (SSSR count). The number of carbonyl (C=O) groups is 3. The normalized spacial score (nSPS) is 12.3. The van der Waals surface area contributed by atoms with E-state index in [9.17, 15) is 19.5 Å². The summed E-state index contributed by atoms with van der Waals surface area (Å²) in [6.07, 6.45) is -1.72. The average molecular weight is 407 g/mol. The lowest BCUT2D eigenvalue weighted by Gasteiger charge is -2.22. The van der Waals surface area contributed by atoms with E-state index < -0.39 is 35.4 Å². The molecule has 0 heterocycles. The Morgan fingerprint density at radius 1 is 0.931 bits per heavy atom. The van der Waals surface area contributed by atoms with Gasteiger partial charge in [0.05, 0.1) is 0 Å². The molecule has 0 radical (unpaired) electrons. The van der Waals surface area contributed by atoms with Gasteiger partial charge in [0.15, 0.2) is 6.04 Å². The molecular weight excluding hydrogens is 378 g/mol. The molecule has 0 unspecified atom stereocenters. The standard InChI is InChI=1S/C20H29N3O6/c1-19(2,3)28-17(26)22-16(23-18(27)29-20(4,5)6)21-14(15(24)25)12-13-10-8-7-9-11-13/h7-11,14H,12H2,1-6H3,(H,24,25)(H2,21,22,23,26,27)/t14-/m0/s1. The van der Waals surface area contributed by atoms with Crippen LogP contribution in [0.5, 0.6) is 0 Å². The highest BCUT2D eigenvalue weighted by molar-refractivity contribution is 6.02. The van der Waals surface area contributed by atoms with Gasteiger partial charge in [0.1, 0.15) is 11.2 Å². The Morgan fingerprint density at radius 2 is 1.38 bits per heavy atom. The lowest BCUT2D eigenvalue weighted by Crippen LogP contribution is -2.48. The first-order chi connectivity index (χ1) is 13.2. The van der Waals surface area contributed by atoms with E-state index in [2.05, 4.69) is 15.6 Å². The van der Waals surface area contributed by atoms with Gasteiger partial charge in [-0.3, -0.25) is 10.6 Å². The average Bonchev–Trinajstić information content (AvgIpc) is 2.51. The second-order valence-electron chi connectivity index (χ2n) is 8.28. The lowest BCUT2D eigenvalue weighted by atomic mass is 10.1. The van der Waals surface area contributed by atoms with Crippen LogP contribution in [0.1, 0.15) is 47.1 Å². The number of carbonyl (C=O) groups excluding carboxylic acids is 2. The molecule has 1 atom stereocenters. The first kappa shape index (κ1) is 23.9. The Hall–Kier alpha value is -3.10. The van der Waals surface area contributed by atoms with Crippen LogP contribution in [0.2, 0.25) is 0 Å². The van der Waals surface area contributed by atoms with Crippen LogP contribution in [0.3, 0.4) is 0 Å². The van der Waals surface area contributed by atoms with Crippen LogP contribution in [0.25, 0.3) is 0 Å². The van der Waals surface area contributed by atoms with E-state index in [1.807, 2.05) is 6.07 Å². The zero-order valence-corrected chi connectivity index (χ0v) is 17.6. The Morgan fingerprint density at radius 3 is 1.76 bits per heavy atom. The summed E-state index contributed by atoms with van der Waals surface area (Å²) in [6, 6.07) is 7.62. The molecule has 0 aliphatic rings. The van der Waals surface area contributed by atoms with Gasteiger partial charge in [0.2, 0.25) is 5.96 Å². The molecule has 29 heavy (non-hydrogen) atoms. The van der Waals surface area contributed by atoms with Crippen molar-refractivity contribution in [1.82, 2.24) is 10.6 Å². The number of guanidine groups is 1. The van der Waals surface area contributed by atoms with Gasteiger partial charge in [0.25, 0.3) is 0 Å². The van der Waals surface area contributed by atoms with Gasteiger partial charge in [-0.15, -0.1) is 0 Å². The van der Waals surface area contributed by atoms with Crippen LogP contribution >= 0.6 is 0 Å². The van der Waals surface area contributed by atoms with Crippen molar-refractivity contribution in [2.45, 2.75) is 65.2 Å². The molecule has 2 amide bonds. The van der Waals surface area contributed by atoms with Crippen molar-refractivity contribution in [3.63, 3.8) is 0 Å². The molecule has 0 saturated carbocycles. The van der Waals surface area contributed by atoms with Crippen molar-refractivity contribution >= 4 is 24.1 Å². The van der Waals surface area contributed by atoms with Crippen molar-refractivity contribution in [2.75, 3.05) is 0 Å². The van der Waals surface area contributed by atoms with Crippen molar-refractivity contribution in [3.8, 4) is 0 Å². The number of carboxylic acid groups (broad SMARTS) is 1. The van der Waals surface area contributed by atoms with Crippen LogP contribution in [0.15, 0.2) is 35.3 Å². The van der Waals surface area contributed by atoms with E-state index in [1.54, 1.807) is 65.8 Å². The fraction of sp³-hybridized carbons (Fsp3) is 0.500. The van der Waals surface area contributed by atoms with E-state index in [-0.39, 0.29) is 12.4 Å². The van der Waals surface area contributed by atoms with Gasteiger partial charge in [-0.2, -0.15) is 0 Å². The van der Waals surface area contributed by atoms with Crippen molar-refractivity contribution in [3.05, 3.63) is 35.9 Å². The lowest BCUT2D eigenvalue weighted by molar-refractivity contribution is -0.138. The number of ether oxygens (including phenoxy) is 2. The Bertz CT molecular complexity index is 716. The highest BCUT2D eigenvalue weighted by atomic mass is 16.6. The van der Waals surface area contributed by atoms with Gasteiger partial charge in [-0.25, -0.2) is 19.4 Å². The molecule has 0 aliphatic carbocycles. The van der Waals surface area contributed by atoms with Gasteiger partial charge in [0, 0.05) is 6.42 Å². The zero-order valence-electron chi connectivity index (χ0n) is 17.6. The van der Waals surface area contributed by atoms with E-state index in [0.717, 1.165) is 5.56 Å². The first-order valence-corrected chi connectivity index (χ1v) is 9.10. The molecule has 3 N–H and O–H groups in total. The Balaban J connectivity index is 3.08. The second-order valence-corrected chi connectivity index (χ2v) is 8.28. The third-order valence-electron chi connectivity index (χ3n) is 3.08. The molecular formula is C20H29N3O6. The molecule has 0 fully saturated rings. The number of alkyl carbamates (subject to hydrolysis) is 2. The summed E-state index contributed by atoms with van der Waals surface area (Å²) in [7, 11) is 0. The summed E-state index contributed by atoms with van der Waals surface area (Å²) in [5.41, 5.74) is -0.855. The van der Waals surface area contributed by atoms with Gasteiger partial charge in [-0.05, 0) is 47.1 Å². The molecule has 0 saturated heterocycles. The summed E-state index contributed by atoms with van der Waals surface area (Å²) in [4.78, 5) is 39.9. The number of rotatable bonds is 4. The number of carboxylic acids is 1. The zero-order chi connectivity index (χ0) is 22.2. The second kappa shape index (κ2) is 9.90. The number of nitrogens with one attached hydrogen (secondary N) is 2. The topological polar surface area (TPSA) is 126 Å². The first-order valence-electron chi connectivity index (χ1n) is 9.10. The highest BCUT2D eigenvalue weighted by Gasteiger charge is 2.24. The maximum atomic E-state index is 12.1. The summed E-state index contributed by atoms with van der Waals surface area (Å²) < 4.78 is 10.3. The third kappa shape index (κ3) is 10.7. The minimum absolute atomic E-state index is 0.0612. The van der Waals surface area contributed by atoms with Crippen LogP contribution in [-0.4, -0.2) is 46.5 Å². The summed E-state index contributed by atoms with van der Waals surface area (Å²) >= 11 is 0. The van der Waals surface area contributed by atoms with Crippen LogP contribution < -0.4 is 10.6 Å². The third-order valence-corrected chi connectivity index (χ3v) is 3.08. The quantitative estimate of drug-likeness (QED) is 0.520. The van der Waals surface area contributed by atoms with Crippen molar-refractivity contribution in [1.29, 1.82) is 0 Å². The molecule has 160 valence electrons. The fourth-order valence-corrected chi connectivity index (χ4v) is 2.08. The SMILES string of the molecule is CC(C)(C)OC(=O)NC(=N[C@@H](Cc1ccccc1)C(=O)O)NC(=O)OC(C)(C)C. The van der Waals surface area contributed by atoms with E-state index >= 15 is 0 Å². The summed E-state index contributed by atoms with van der Waals surface area (Å²) in [6.45, 7) is 10.0.